The van der Waals surface area contributed by atoms with Crippen LogP contribution in [0.5, 0.6) is 0 Å². The van der Waals surface area contributed by atoms with Crippen LogP contribution in [0.3, 0.4) is 0 Å². The van der Waals surface area contributed by atoms with Gasteiger partial charge in [0.2, 0.25) is 6.41 Å². The summed E-state index contributed by atoms with van der Waals surface area (Å²) in [5, 5.41) is 0. The molecular weight excluding hydrogens is 162 g/mol. The van der Waals surface area contributed by atoms with Gasteiger partial charge in [0.25, 0.3) is 0 Å². The van der Waals surface area contributed by atoms with Crippen LogP contribution in [0.1, 0.15) is 58.8 Å². The SMILES string of the molecule is CCC1(CC)CCCCC1.NC=O. The van der Waals surface area contributed by atoms with E-state index in [1.165, 1.54) is 44.9 Å². The van der Waals surface area contributed by atoms with Crippen molar-refractivity contribution in [3.8, 4) is 0 Å². The molecule has 0 atom stereocenters. The molecule has 0 saturated heterocycles. The van der Waals surface area contributed by atoms with Crippen LogP contribution in [0, 0.1) is 5.41 Å². The quantitative estimate of drug-likeness (QED) is 0.660. The van der Waals surface area contributed by atoms with Gasteiger partial charge >= 0.3 is 0 Å². The van der Waals surface area contributed by atoms with E-state index in [2.05, 4.69) is 19.6 Å². The number of amides is 1. The van der Waals surface area contributed by atoms with E-state index in [1.807, 2.05) is 0 Å². The Balaban J connectivity index is 0.000000424. The molecule has 0 spiro atoms. The fourth-order valence-corrected chi connectivity index (χ4v) is 2.26. The second-order valence-corrected chi connectivity index (χ2v) is 3.90. The van der Waals surface area contributed by atoms with Gasteiger partial charge in [0, 0.05) is 0 Å². The van der Waals surface area contributed by atoms with Crippen molar-refractivity contribution in [3.05, 3.63) is 0 Å². The Morgan fingerprint density at radius 2 is 1.54 bits per heavy atom. The Morgan fingerprint density at radius 1 is 1.15 bits per heavy atom. The first-order chi connectivity index (χ1) is 6.24. The Kier molecular flexibility index (Phi) is 6.65. The molecule has 0 bridgehead atoms. The standard InChI is InChI=1S/C10H20.CH3NO/c1-3-10(4-2)8-6-5-7-9-10;2-1-3/h3-9H2,1-2H3;1H,(H2,2,3). The number of primary amides is 1. The normalized spacial score (nSPS) is 19.8. The van der Waals surface area contributed by atoms with Crippen molar-refractivity contribution in [1.29, 1.82) is 0 Å². The predicted molar refractivity (Wildman–Crippen MR) is 56.4 cm³/mol. The molecule has 0 aliphatic heterocycles. The third-order valence-electron chi connectivity index (χ3n) is 3.41. The zero-order chi connectivity index (χ0) is 10.2. The second kappa shape index (κ2) is 6.93. The maximum atomic E-state index is 8.58. The van der Waals surface area contributed by atoms with Crippen LogP contribution >= 0.6 is 0 Å². The third-order valence-corrected chi connectivity index (χ3v) is 3.41. The summed E-state index contributed by atoms with van der Waals surface area (Å²) in [6.07, 6.45) is 10.5. The molecule has 13 heavy (non-hydrogen) atoms. The average Bonchev–Trinajstić information content (AvgIpc) is 2.20. The lowest BCUT2D eigenvalue weighted by molar-refractivity contribution is -0.106. The highest BCUT2D eigenvalue weighted by molar-refractivity contribution is 5.42. The maximum absolute atomic E-state index is 8.58. The summed E-state index contributed by atoms with van der Waals surface area (Å²) in [5.41, 5.74) is 4.93. The molecule has 0 aromatic heterocycles. The number of carbonyl (C=O) groups excluding carboxylic acids is 1. The zero-order valence-corrected chi connectivity index (χ0v) is 9.01. The van der Waals surface area contributed by atoms with E-state index in [4.69, 9.17) is 4.79 Å². The van der Waals surface area contributed by atoms with E-state index in [-0.39, 0.29) is 6.41 Å². The van der Waals surface area contributed by atoms with E-state index >= 15 is 0 Å². The molecule has 78 valence electrons. The molecule has 2 N–H and O–H groups in total. The molecule has 1 amide bonds. The summed E-state index contributed by atoms with van der Waals surface area (Å²) >= 11 is 0. The van der Waals surface area contributed by atoms with Crippen LogP contribution in [-0.2, 0) is 4.79 Å². The zero-order valence-electron chi connectivity index (χ0n) is 9.01. The topological polar surface area (TPSA) is 43.1 Å². The van der Waals surface area contributed by atoms with Gasteiger partial charge in [-0.2, -0.15) is 0 Å². The van der Waals surface area contributed by atoms with Gasteiger partial charge in [-0.1, -0.05) is 46.0 Å². The molecule has 0 unspecified atom stereocenters. The first-order valence-corrected chi connectivity index (χ1v) is 5.40. The molecule has 1 aliphatic rings. The van der Waals surface area contributed by atoms with E-state index in [0.29, 0.717) is 0 Å². The van der Waals surface area contributed by atoms with Crippen molar-refractivity contribution in [2.45, 2.75) is 58.8 Å². The molecular formula is C11H23NO. The van der Waals surface area contributed by atoms with Gasteiger partial charge in [-0.15, -0.1) is 0 Å². The van der Waals surface area contributed by atoms with Gasteiger partial charge < -0.3 is 5.73 Å². The molecule has 1 fully saturated rings. The van der Waals surface area contributed by atoms with E-state index in [1.54, 1.807) is 0 Å². The summed E-state index contributed by atoms with van der Waals surface area (Å²) in [5.74, 6) is 0. The van der Waals surface area contributed by atoms with Crippen molar-refractivity contribution >= 4 is 6.41 Å². The van der Waals surface area contributed by atoms with Crippen molar-refractivity contribution in [2.75, 3.05) is 0 Å². The predicted octanol–water partition coefficient (Wildman–Crippen LogP) is 2.86. The molecule has 0 aromatic rings. The van der Waals surface area contributed by atoms with Crippen molar-refractivity contribution in [3.63, 3.8) is 0 Å². The fraction of sp³-hybridized carbons (Fsp3) is 0.909. The smallest absolute Gasteiger partial charge is 0.204 e. The van der Waals surface area contributed by atoms with Crippen molar-refractivity contribution < 1.29 is 4.79 Å². The van der Waals surface area contributed by atoms with E-state index < -0.39 is 0 Å². The molecule has 1 aliphatic carbocycles. The number of nitrogens with two attached hydrogens (primary N) is 1. The average molecular weight is 185 g/mol. The Labute approximate surface area is 81.9 Å². The second-order valence-electron chi connectivity index (χ2n) is 3.90. The molecule has 0 radical (unpaired) electrons. The Hall–Kier alpha value is -0.530. The highest BCUT2D eigenvalue weighted by Gasteiger charge is 2.27. The third kappa shape index (κ3) is 4.30. The number of hydrogen-bond acceptors (Lipinski definition) is 1. The number of hydrogen-bond donors (Lipinski definition) is 1. The van der Waals surface area contributed by atoms with Gasteiger partial charge in [0.15, 0.2) is 0 Å². The first-order valence-electron chi connectivity index (χ1n) is 5.40. The first kappa shape index (κ1) is 12.5. The van der Waals surface area contributed by atoms with Gasteiger partial charge in [-0.05, 0) is 18.3 Å². The van der Waals surface area contributed by atoms with E-state index in [9.17, 15) is 0 Å². The fourth-order valence-electron chi connectivity index (χ4n) is 2.26. The van der Waals surface area contributed by atoms with Gasteiger partial charge in [-0.3, -0.25) is 4.79 Å². The van der Waals surface area contributed by atoms with Gasteiger partial charge in [0.1, 0.15) is 0 Å². The lowest BCUT2D eigenvalue weighted by Crippen LogP contribution is -2.21. The van der Waals surface area contributed by atoms with Crippen LogP contribution in [-0.4, -0.2) is 6.41 Å². The summed E-state index contributed by atoms with van der Waals surface area (Å²) in [6, 6.07) is 0. The lowest BCUT2D eigenvalue weighted by Gasteiger charge is -2.35. The largest absolute Gasteiger partial charge is 0.372 e. The Morgan fingerprint density at radius 3 is 1.77 bits per heavy atom. The minimum absolute atomic E-state index is 0.250. The van der Waals surface area contributed by atoms with Crippen LogP contribution < -0.4 is 5.73 Å². The molecule has 1 saturated carbocycles. The molecule has 0 heterocycles. The highest BCUT2D eigenvalue weighted by atomic mass is 16.1. The minimum Gasteiger partial charge on any atom is -0.372 e. The van der Waals surface area contributed by atoms with Gasteiger partial charge in [-0.25, -0.2) is 0 Å². The van der Waals surface area contributed by atoms with Gasteiger partial charge in [0.05, 0.1) is 0 Å². The van der Waals surface area contributed by atoms with E-state index in [0.717, 1.165) is 5.41 Å². The van der Waals surface area contributed by atoms with Crippen molar-refractivity contribution in [2.24, 2.45) is 11.1 Å². The van der Waals surface area contributed by atoms with Crippen molar-refractivity contribution in [1.82, 2.24) is 0 Å². The monoisotopic (exact) mass is 185 g/mol. The maximum Gasteiger partial charge on any atom is 0.204 e. The van der Waals surface area contributed by atoms with Crippen LogP contribution in [0.2, 0.25) is 0 Å². The highest BCUT2D eigenvalue weighted by Crippen LogP contribution is 2.41. The lowest BCUT2D eigenvalue weighted by atomic mass is 9.71. The van der Waals surface area contributed by atoms with Crippen LogP contribution in [0.15, 0.2) is 0 Å². The number of carbonyl (C=O) groups is 1. The summed E-state index contributed by atoms with van der Waals surface area (Å²) in [4.78, 5) is 8.58. The molecule has 0 aromatic carbocycles. The minimum atomic E-state index is 0.250. The summed E-state index contributed by atoms with van der Waals surface area (Å²) in [6.45, 7) is 4.71. The molecule has 1 rings (SSSR count). The van der Waals surface area contributed by atoms with Crippen LogP contribution in [0.4, 0.5) is 0 Å². The van der Waals surface area contributed by atoms with Crippen LogP contribution in [0.25, 0.3) is 0 Å². The Bertz CT molecular complexity index is 122. The summed E-state index contributed by atoms with van der Waals surface area (Å²) < 4.78 is 0. The molecule has 2 heteroatoms. The summed E-state index contributed by atoms with van der Waals surface area (Å²) in [7, 11) is 0. The molecule has 2 nitrogen and oxygen atoms in total. The number of rotatable bonds is 2.